The van der Waals surface area contributed by atoms with Crippen LogP contribution in [0.4, 0.5) is 0 Å². The van der Waals surface area contributed by atoms with Crippen molar-refractivity contribution in [2.75, 3.05) is 0 Å². The Bertz CT molecular complexity index is 659. The molecule has 0 aliphatic rings. The standard InChI is InChI=1S/C24H30/c1-17(19-9-13-21(14-10-19)23(3,4)5)18(2)20-11-15-22(16-12-20)24(6,7)8/h9-16H,1-2H2,3-8H3. The molecule has 0 N–H and O–H groups in total. The van der Waals surface area contributed by atoms with Crippen LogP contribution in [0.5, 0.6) is 0 Å². The lowest BCUT2D eigenvalue weighted by Crippen LogP contribution is -2.10. The van der Waals surface area contributed by atoms with E-state index in [2.05, 4.69) is 103 Å². The lowest BCUT2D eigenvalue weighted by Gasteiger charge is -2.20. The third kappa shape index (κ3) is 4.06. The monoisotopic (exact) mass is 318 g/mol. The van der Waals surface area contributed by atoms with Crippen LogP contribution in [0.2, 0.25) is 0 Å². The first-order chi connectivity index (χ1) is 11.0. The van der Waals surface area contributed by atoms with Gasteiger partial charge in [-0.1, -0.05) is 103 Å². The fourth-order valence-corrected chi connectivity index (χ4v) is 2.69. The zero-order chi connectivity index (χ0) is 18.1. The Kier molecular flexibility index (Phi) is 4.90. The molecule has 0 spiro atoms. The molecular weight excluding hydrogens is 288 g/mol. The van der Waals surface area contributed by atoms with Crippen molar-refractivity contribution in [1.82, 2.24) is 0 Å². The maximum absolute atomic E-state index is 4.26. The third-order valence-electron chi connectivity index (χ3n) is 4.56. The highest BCUT2D eigenvalue weighted by molar-refractivity contribution is 6.02. The predicted octanol–water partition coefficient (Wildman–Crippen LogP) is 7.01. The Morgan fingerprint density at radius 1 is 0.542 bits per heavy atom. The van der Waals surface area contributed by atoms with E-state index in [0.717, 1.165) is 22.3 Å². The quantitative estimate of drug-likeness (QED) is 0.534. The van der Waals surface area contributed by atoms with Gasteiger partial charge in [-0.15, -0.1) is 0 Å². The molecule has 0 aliphatic heterocycles. The summed E-state index contributed by atoms with van der Waals surface area (Å²) in [4.78, 5) is 0. The van der Waals surface area contributed by atoms with E-state index in [1.807, 2.05) is 0 Å². The highest BCUT2D eigenvalue weighted by Gasteiger charge is 2.15. The van der Waals surface area contributed by atoms with Crippen LogP contribution < -0.4 is 0 Å². The van der Waals surface area contributed by atoms with E-state index in [-0.39, 0.29) is 10.8 Å². The van der Waals surface area contributed by atoms with Gasteiger partial charge in [-0.05, 0) is 44.2 Å². The molecule has 2 aromatic rings. The molecule has 2 rings (SSSR count). The molecule has 0 heterocycles. The van der Waals surface area contributed by atoms with Gasteiger partial charge in [0.15, 0.2) is 0 Å². The van der Waals surface area contributed by atoms with Crippen molar-refractivity contribution in [1.29, 1.82) is 0 Å². The molecule has 0 saturated heterocycles. The van der Waals surface area contributed by atoms with Crippen LogP contribution in [-0.2, 0) is 10.8 Å². The van der Waals surface area contributed by atoms with Gasteiger partial charge in [-0.3, -0.25) is 0 Å². The van der Waals surface area contributed by atoms with Gasteiger partial charge in [0.2, 0.25) is 0 Å². The van der Waals surface area contributed by atoms with Crippen molar-refractivity contribution >= 4 is 11.1 Å². The molecule has 24 heavy (non-hydrogen) atoms. The zero-order valence-electron chi connectivity index (χ0n) is 16.0. The van der Waals surface area contributed by atoms with Crippen molar-refractivity contribution in [2.45, 2.75) is 52.4 Å². The minimum Gasteiger partial charge on any atom is -0.0906 e. The average molecular weight is 319 g/mol. The zero-order valence-corrected chi connectivity index (χ0v) is 16.0. The highest BCUT2D eigenvalue weighted by Crippen LogP contribution is 2.31. The summed E-state index contributed by atoms with van der Waals surface area (Å²) in [6, 6.07) is 17.4. The molecule has 0 bridgehead atoms. The van der Waals surface area contributed by atoms with Crippen molar-refractivity contribution in [3.05, 3.63) is 83.9 Å². The van der Waals surface area contributed by atoms with Crippen molar-refractivity contribution in [3.8, 4) is 0 Å². The van der Waals surface area contributed by atoms with Crippen LogP contribution in [0, 0.1) is 0 Å². The molecule has 0 atom stereocenters. The van der Waals surface area contributed by atoms with Crippen LogP contribution in [0.15, 0.2) is 61.7 Å². The first-order valence-corrected chi connectivity index (χ1v) is 8.60. The Morgan fingerprint density at radius 2 is 0.792 bits per heavy atom. The molecule has 0 amide bonds. The van der Waals surface area contributed by atoms with Crippen molar-refractivity contribution < 1.29 is 0 Å². The Labute approximate surface area is 147 Å². The summed E-state index contributed by atoms with van der Waals surface area (Å²) < 4.78 is 0. The minimum atomic E-state index is 0.166. The smallest absolute Gasteiger partial charge is 0.0132 e. The normalized spacial score (nSPS) is 12.1. The Morgan fingerprint density at radius 3 is 1.00 bits per heavy atom. The average Bonchev–Trinajstić information content (AvgIpc) is 2.52. The van der Waals surface area contributed by atoms with Gasteiger partial charge in [0.25, 0.3) is 0 Å². The van der Waals surface area contributed by atoms with E-state index in [4.69, 9.17) is 0 Å². The molecule has 0 heteroatoms. The van der Waals surface area contributed by atoms with Crippen LogP contribution in [0.3, 0.4) is 0 Å². The summed E-state index contributed by atoms with van der Waals surface area (Å²) in [5.74, 6) is 0. The van der Waals surface area contributed by atoms with Gasteiger partial charge in [-0.2, -0.15) is 0 Å². The molecular formula is C24H30. The van der Waals surface area contributed by atoms with Crippen LogP contribution in [-0.4, -0.2) is 0 Å². The van der Waals surface area contributed by atoms with Gasteiger partial charge in [0.05, 0.1) is 0 Å². The number of hydrogen-bond donors (Lipinski definition) is 0. The molecule has 0 aliphatic carbocycles. The lowest BCUT2D eigenvalue weighted by atomic mass is 9.84. The minimum absolute atomic E-state index is 0.166. The van der Waals surface area contributed by atoms with Gasteiger partial charge in [0, 0.05) is 0 Å². The second-order valence-electron chi connectivity index (χ2n) is 8.61. The second kappa shape index (κ2) is 6.43. The highest BCUT2D eigenvalue weighted by atomic mass is 14.2. The summed E-state index contributed by atoms with van der Waals surface area (Å²) in [7, 11) is 0. The largest absolute Gasteiger partial charge is 0.0906 e. The van der Waals surface area contributed by atoms with Crippen LogP contribution >= 0.6 is 0 Å². The molecule has 0 unspecified atom stereocenters. The first kappa shape index (κ1) is 18.3. The SMILES string of the molecule is C=C(C(=C)c1ccc(C(C)(C)C)cc1)c1ccc(C(C)(C)C)cc1. The summed E-state index contributed by atoms with van der Waals surface area (Å²) in [6.07, 6.45) is 0. The van der Waals surface area contributed by atoms with Gasteiger partial charge >= 0.3 is 0 Å². The van der Waals surface area contributed by atoms with Gasteiger partial charge in [0.1, 0.15) is 0 Å². The number of allylic oxidation sites excluding steroid dienone is 2. The fraction of sp³-hybridized carbons (Fsp3) is 0.333. The summed E-state index contributed by atoms with van der Waals surface area (Å²) in [6.45, 7) is 21.9. The van der Waals surface area contributed by atoms with E-state index in [1.165, 1.54) is 11.1 Å². The maximum atomic E-state index is 4.26. The number of hydrogen-bond acceptors (Lipinski definition) is 0. The second-order valence-corrected chi connectivity index (χ2v) is 8.61. The molecule has 2 aromatic carbocycles. The molecule has 0 aromatic heterocycles. The van der Waals surface area contributed by atoms with E-state index in [0.29, 0.717) is 0 Å². The first-order valence-electron chi connectivity index (χ1n) is 8.60. The molecule has 0 saturated carbocycles. The Hall–Kier alpha value is -2.08. The Balaban J connectivity index is 2.22. The molecule has 126 valence electrons. The van der Waals surface area contributed by atoms with Crippen molar-refractivity contribution in [2.24, 2.45) is 0 Å². The van der Waals surface area contributed by atoms with Gasteiger partial charge in [-0.25, -0.2) is 0 Å². The lowest BCUT2D eigenvalue weighted by molar-refractivity contribution is 0.590. The maximum Gasteiger partial charge on any atom is -0.0132 e. The number of benzene rings is 2. The van der Waals surface area contributed by atoms with E-state index >= 15 is 0 Å². The summed E-state index contributed by atoms with van der Waals surface area (Å²) in [5.41, 5.74) is 7.23. The van der Waals surface area contributed by atoms with E-state index < -0.39 is 0 Å². The molecule has 0 radical (unpaired) electrons. The molecule has 0 fully saturated rings. The fourth-order valence-electron chi connectivity index (χ4n) is 2.69. The van der Waals surface area contributed by atoms with Gasteiger partial charge < -0.3 is 0 Å². The predicted molar refractivity (Wildman–Crippen MR) is 108 cm³/mol. The van der Waals surface area contributed by atoms with E-state index in [1.54, 1.807) is 0 Å². The van der Waals surface area contributed by atoms with Crippen LogP contribution in [0.1, 0.15) is 63.8 Å². The summed E-state index contributed by atoms with van der Waals surface area (Å²) >= 11 is 0. The third-order valence-corrected chi connectivity index (χ3v) is 4.56. The summed E-state index contributed by atoms with van der Waals surface area (Å²) in [5, 5.41) is 0. The molecule has 0 nitrogen and oxygen atoms in total. The topological polar surface area (TPSA) is 0 Å². The number of rotatable bonds is 3. The van der Waals surface area contributed by atoms with Crippen molar-refractivity contribution in [3.63, 3.8) is 0 Å². The van der Waals surface area contributed by atoms with E-state index in [9.17, 15) is 0 Å². The van der Waals surface area contributed by atoms with Crippen LogP contribution in [0.25, 0.3) is 11.1 Å².